The van der Waals surface area contributed by atoms with E-state index in [-0.39, 0.29) is 5.69 Å². The van der Waals surface area contributed by atoms with E-state index in [1.165, 1.54) is 24.9 Å². The topological polar surface area (TPSA) is 42.2 Å². The Morgan fingerprint density at radius 1 is 0.923 bits per heavy atom. The number of piperidine rings is 1. The fourth-order valence-corrected chi connectivity index (χ4v) is 3.97. The first-order chi connectivity index (χ1) is 12.5. The molecule has 3 aromatic rings. The third-order valence-corrected chi connectivity index (χ3v) is 5.56. The zero-order valence-corrected chi connectivity index (χ0v) is 15.7. The fraction of sp³-hybridized carbons (Fsp3) is 0.381. The summed E-state index contributed by atoms with van der Waals surface area (Å²) in [6, 6.07) is 15.3. The first kappa shape index (κ1) is 16.8. The predicted octanol–water partition coefficient (Wildman–Crippen LogP) is 4.00. The van der Waals surface area contributed by atoms with Crippen molar-refractivity contribution in [3.63, 3.8) is 0 Å². The molecule has 5 heteroatoms. The van der Waals surface area contributed by atoms with Crippen LogP contribution in [0.25, 0.3) is 11.0 Å². The lowest BCUT2D eigenvalue weighted by Crippen LogP contribution is -2.37. The summed E-state index contributed by atoms with van der Waals surface area (Å²) in [7, 11) is 3.61. The van der Waals surface area contributed by atoms with Crippen LogP contribution in [0, 0.1) is 0 Å². The van der Waals surface area contributed by atoms with Gasteiger partial charge in [-0.1, -0.05) is 0 Å². The average Bonchev–Trinajstić information content (AvgIpc) is 2.87. The Labute approximate surface area is 153 Å². The molecule has 2 heterocycles. The molecule has 4 rings (SSSR count). The van der Waals surface area contributed by atoms with Crippen LogP contribution >= 0.6 is 0 Å². The Morgan fingerprint density at radius 3 is 2.35 bits per heavy atom. The standard InChI is InChI=1S/C21H26N4O/c1-15-6-4-5-13-25(15)18-10-7-16(8-11-18)22-17-9-12-19-20(14-17)24(3)21(26)23(19)2/h7-12,14-15,22H,4-6,13H2,1-3H3. The first-order valence-electron chi connectivity index (χ1n) is 9.34. The molecule has 0 radical (unpaired) electrons. The molecule has 1 aliphatic heterocycles. The van der Waals surface area contributed by atoms with Gasteiger partial charge in [0.25, 0.3) is 0 Å². The Bertz CT molecular complexity index is 984. The summed E-state index contributed by atoms with van der Waals surface area (Å²) in [4.78, 5) is 14.6. The number of rotatable bonds is 3. The zero-order valence-electron chi connectivity index (χ0n) is 15.7. The highest BCUT2D eigenvalue weighted by Crippen LogP contribution is 2.27. The molecule has 1 aliphatic rings. The highest BCUT2D eigenvalue weighted by Gasteiger charge is 2.18. The predicted molar refractivity (Wildman–Crippen MR) is 109 cm³/mol. The van der Waals surface area contributed by atoms with Crippen LogP contribution in [0.4, 0.5) is 17.1 Å². The number of aromatic nitrogens is 2. The van der Waals surface area contributed by atoms with Crippen LogP contribution in [0.2, 0.25) is 0 Å². The van der Waals surface area contributed by atoms with Crippen molar-refractivity contribution in [1.29, 1.82) is 0 Å². The number of fused-ring (bicyclic) bond motifs is 1. The fourth-order valence-electron chi connectivity index (χ4n) is 3.97. The number of hydrogen-bond donors (Lipinski definition) is 1. The zero-order chi connectivity index (χ0) is 18.3. The van der Waals surface area contributed by atoms with Crippen molar-refractivity contribution in [3.8, 4) is 0 Å². The molecule has 0 amide bonds. The van der Waals surface area contributed by atoms with Crippen molar-refractivity contribution in [2.24, 2.45) is 14.1 Å². The van der Waals surface area contributed by atoms with Crippen LogP contribution in [0.3, 0.4) is 0 Å². The molecular formula is C21H26N4O. The van der Waals surface area contributed by atoms with E-state index < -0.39 is 0 Å². The van der Waals surface area contributed by atoms with E-state index in [4.69, 9.17) is 0 Å². The van der Waals surface area contributed by atoms with Crippen LogP contribution in [0.5, 0.6) is 0 Å². The molecule has 1 aromatic heterocycles. The van der Waals surface area contributed by atoms with Crippen LogP contribution < -0.4 is 15.9 Å². The Kier molecular flexibility index (Phi) is 4.23. The maximum absolute atomic E-state index is 12.1. The second-order valence-corrected chi connectivity index (χ2v) is 7.31. The molecule has 26 heavy (non-hydrogen) atoms. The second-order valence-electron chi connectivity index (χ2n) is 7.31. The van der Waals surface area contributed by atoms with E-state index in [0.29, 0.717) is 6.04 Å². The molecule has 0 spiro atoms. The minimum Gasteiger partial charge on any atom is -0.369 e. The molecule has 0 saturated carbocycles. The summed E-state index contributed by atoms with van der Waals surface area (Å²) in [6.07, 6.45) is 3.89. The molecular weight excluding hydrogens is 324 g/mol. The highest BCUT2D eigenvalue weighted by atomic mass is 16.1. The lowest BCUT2D eigenvalue weighted by Gasteiger charge is -2.35. The van der Waals surface area contributed by atoms with Crippen molar-refractivity contribution in [2.45, 2.75) is 32.2 Å². The van der Waals surface area contributed by atoms with Gasteiger partial charge in [-0.15, -0.1) is 0 Å². The summed E-state index contributed by atoms with van der Waals surface area (Å²) < 4.78 is 3.36. The van der Waals surface area contributed by atoms with Crippen molar-refractivity contribution >= 4 is 28.1 Å². The summed E-state index contributed by atoms with van der Waals surface area (Å²) >= 11 is 0. The maximum Gasteiger partial charge on any atom is 0.328 e. The van der Waals surface area contributed by atoms with Gasteiger partial charge in [0.15, 0.2) is 0 Å². The van der Waals surface area contributed by atoms with Crippen LogP contribution in [0.15, 0.2) is 47.3 Å². The quantitative estimate of drug-likeness (QED) is 0.776. The lowest BCUT2D eigenvalue weighted by molar-refractivity contribution is 0.485. The molecule has 2 aromatic carbocycles. The minimum absolute atomic E-state index is 0.00263. The van der Waals surface area contributed by atoms with Crippen LogP contribution in [-0.2, 0) is 14.1 Å². The lowest BCUT2D eigenvalue weighted by atomic mass is 10.0. The van der Waals surface area contributed by atoms with Gasteiger partial charge in [0.05, 0.1) is 11.0 Å². The van der Waals surface area contributed by atoms with Gasteiger partial charge in [0.2, 0.25) is 0 Å². The maximum atomic E-state index is 12.1. The van der Waals surface area contributed by atoms with E-state index in [1.54, 1.807) is 16.2 Å². The minimum atomic E-state index is -0.00263. The van der Waals surface area contributed by atoms with E-state index in [9.17, 15) is 4.79 Å². The van der Waals surface area contributed by atoms with E-state index >= 15 is 0 Å². The number of nitrogens with zero attached hydrogens (tertiary/aromatic N) is 3. The number of anilines is 3. The van der Waals surface area contributed by atoms with E-state index in [2.05, 4.69) is 41.4 Å². The van der Waals surface area contributed by atoms with Crippen LogP contribution in [0.1, 0.15) is 26.2 Å². The van der Waals surface area contributed by atoms with Gasteiger partial charge in [-0.05, 0) is 68.7 Å². The Hall–Kier alpha value is -2.69. The van der Waals surface area contributed by atoms with Gasteiger partial charge in [0.1, 0.15) is 0 Å². The van der Waals surface area contributed by atoms with Crippen LogP contribution in [-0.4, -0.2) is 21.7 Å². The Morgan fingerprint density at radius 2 is 1.62 bits per heavy atom. The Balaban J connectivity index is 1.56. The van der Waals surface area contributed by atoms with E-state index in [1.807, 2.05) is 25.2 Å². The largest absolute Gasteiger partial charge is 0.369 e. The normalized spacial score (nSPS) is 17.7. The number of benzene rings is 2. The molecule has 0 aliphatic carbocycles. The number of nitrogens with one attached hydrogen (secondary N) is 1. The van der Waals surface area contributed by atoms with Crippen molar-refractivity contribution in [2.75, 3.05) is 16.8 Å². The monoisotopic (exact) mass is 350 g/mol. The number of imidazole rings is 1. The molecule has 5 nitrogen and oxygen atoms in total. The molecule has 1 N–H and O–H groups in total. The summed E-state index contributed by atoms with van der Waals surface area (Å²) in [5, 5.41) is 3.45. The average molecular weight is 350 g/mol. The number of aryl methyl sites for hydroxylation is 2. The molecule has 136 valence electrons. The van der Waals surface area contributed by atoms with Gasteiger partial charge in [-0.25, -0.2) is 4.79 Å². The highest BCUT2D eigenvalue weighted by molar-refractivity contribution is 5.81. The number of hydrogen-bond acceptors (Lipinski definition) is 3. The van der Waals surface area contributed by atoms with E-state index in [0.717, 1.165) is 29.0 Å². The molecule has 1 unspecified atom stereocenters. The molecule has 1 fully saturated rings. The summed E-state index contributed by atoms with van der Waals surface area (Å²) in [5.74, 6) is 0. The smallest absolute Gasteiger partial charge is 0.328 e. The third kappa shape index (κ3) is 2.87. The van der Waals surface area contributed by atoms with Gasteiger partial charge < -0.3 is 10.2 Å². The summed E-state index contributed by atoms with van der Waals surface area (Å²) in [5.41, 5.74) is 5.20. The van der Waals surface area contributed by atoms with Crippen molar-refractivity contribution in [3.05, 3.63) is 52.9 Å². The van der Waals surface area contributed by atoms with Gasteiger partial charge in [-0.3, -0.25) is 9.13 Å². The summed E-state index contributed by atoms with van der Waals surface area (Å²) in [6.45, 7) is 3.46. The SMILES string of the molecule is CC1CCCCN1c1ccc(Nc2ccc3c(c2)n(C)c(=O)n3C)cc1. The molecule has 1 atom stereocenters. The van der Waals surface area contributed by atoms with Crippen molar-refractivity contribution < 1.29 is 0 Å². The first-order valence-corrected chi connectivity index (χ1v) is 9.34. The molecule has 0 bridgehead atoms. The van der Waals surface area contributed by atoms with Gasteiger partial charge in [-0.2, -0.15) is 0 Å². The van der Waals surface area contributed by atoms with Gasteiger partial charge >= 0.3 is 5.69 Å². The molecule has 1 saturated heterocycles. The third-order valence-electron chi connectivity index (χ3n) is 5.56. The van der Waals surface area contributed by atoms with Gasteiger partial charge in [0, 0.05) is 43.7 Å². The van der Waals surface area contributed by atoms with Crippen molar-refractivity contribution in [1.82, 2.24) is 9.13 Å². The second kappa shape index (κ2) is 6.56.